The minimum absolute atomic E-state index is 0.0846. The lowest BCUT2D eigenvalue weighted by Crippen LogP contribution is -2.30. The first-order chi connectivity index (χ1) is 35.0. The fraction of sp³-hybridized carbons (Fsp3) is 0.800. The molecule has 0 aromatic carbocycles. The van der Waals surface area contributed by atoms with Crippen LogP contribution in [-0.4, -0.2) is 37.2 Å². The summed E-state index contributed by atoms with van der Waals surface area (Å²) in [4.78, 5) is 38.2. The monoisotopic (exact) mass is 993 g/mol. The maximum absolute atomic E-state index is 12.9. The van der Waals surface area contributed by atoms with Crippen molar-refractivity contribution >= 4 is 17.9 Å². The van der Waals surface area contributed by atoms with Gasteiger partial charge in [0, 0.05) is 19.3 Å². The van der Waals surface area contributed by atoms with Gasteiger partial charge in [0.15, 0.2) is 6.10 Å². The number of esters is 3. The molecule has 0 spiro atoms. The molecule has 0 aromatic heterocycles. The highest BCUT2D eigenvalue weighted by Gasteiger charge is 2.19. The van der Waals surface area contributed by atoms with E-state index in [0.29, 0.717) is 19.3 Å². The molecule has 1 atom stereocenters. The topological polar surface area (TPSA) is 78.9 Å². The summed E-state index contributed by atoms with van der Waals surface area (Å²) in [6, 6.07) is 0. The van der Waals surface area contributed by atoms with Gasteiger partial charge in [-0.25, -0.2) is 0 Å². The summed E-state index contributed by atoms with van der Waals surface area (Å²) in [5.41, 5.74) is 0. The van der Waals surface area contributed by atoms with Gasteiger partial charge in [-0.1, -0.05) is 268 Å². The molecular weight excluding hydrogens is 877 g/mol. The van der Waals surface area contributed by atoms with Crippen molar-refractivity contribution in [1.29, 1.82) is 0 Å². The van der Waals surface area contributed by atoms with Crippen LogP contribution in [-0.2, 0) is 28.6 Å². The zero-order valence-corrected chi connectivity index (χ0v) is 47.2. The van der Waals surface area contributed by atoms with E-state index in [1.165, 1.54) is 167 Å². The SMILES string of the molecule is CCCCC/C=C\C/C=C\C/C=C\CCCCCCC(=O)OC[C@H](COC(=O)CCCCCCCCCCCCCCCCCCCCCCC)OC(=O)CCCCCCC/C=C\C/C=C\CCCCC. The van der Waals surface area contributed by atoms with Gasteiger partial charge in [0.05, 0.1) is 0 Å². The van der Waals surface area contributed by atoms with Crippen molar-refractivity contribution in [3.63, 3.8) is 0 Å². The lowest BCUT2D eigenvalue weighted by atomic mass is 10.0. The maximum atomic E-state index is 12.9. The largest absolute Gasteiger partial charge is 0.462 e. The molecule has 6 heteroatoms. The van der Waals surface area contributed by atoms with E-state index in [4.69, 9.17) is 14.2 Å². The molecule has 6 nitrogen and oxygen atoms in total. The zero-order chi connectivity index (χ0) is 51.4. The molecule has 0 aliphatic carbocycles. The van der Waals surface area contributed by atoms with Crippen LogP contribution in [0.1, 0.15) is 316 Å². The van der Waals surface area contributed by atoms with E-state index in [1.54, 1.807) is 0 Å². The van der Waals surface area contributed by atoms with E-state index in [2.05, 4.69) is 81.5 Å². The summed E-state index contributed by atoms with van der Waals surface area (Å²) in [5.74, 6) is -0.906. The van der Waals surface area contributed by atoms with Crippen LogP contribution in [0, 0.1) is 0 Å². The smallest absolute Gasteiger partial charge is 0.306 e. The van der Waals surface area contributed by atoms with Gasteiger partial charge in [-0.05, 0) is 89.9 Å². The van der Waals surface area contributed by atoms with Crippen molar-refractivity contribution in [2.45, 2.75) is 322 Å². The predicted octanol–water partition coefficient (Wildman–Crippen LogP) is 20.8. The first-order valence-corrected chi connectivity index (χ1v) is 30.8. The third-order valence-electron chi connectivity index (χ3n) is 13.5. The lowest BCUT2D eigenvalue weighted by molar-refractivity contribution is -0.167. The van der Waals surface area contributed by atoms with Crippen LogP contribution in [0.3, 0.4) is 0 Å². The van der Waals surface area contributed by atoms with E-state index in [0.717, 1.165) is 109 Å². The highest BCUT2D eigenvalue weighted by Crippen LogP contribution is 2.17. The fourth-order valence-electron chi connectivity index (χ4n) is 8.83. The van der Waals surface area contributed by atoms with Crippen LogP contribution in [0.4, 0.5) is 0 Å². The molecule has 0 unspecified atom stereocenters. The Bertz CT molecular complexity index is 1280. The minimum atomic E-state index is -0.790. The molecule has 0 rings (SSSR count). The molecule has 0 saturated heterocycles. The molecule has 0 fully saturated rings. The molecule has 0 radical (unpaired) electrons. The summed E-state index contributed by atoms with van der Waals surface area (Å²) in [7, 11) is 0. The molecular formula is C65H116O6. The number of carbonyl (C=O) groups is 3. The van der Waals surface area contributed by atoms with Crippen molar-refractivity contribution < 1.29 is 28.6 Å². The Morgan fingerprint density at radius 2 is 0.507 bits per heavy atom. The van der Waals surface area contributed by atoms with Crippen molar-refractivity contribution in [1.82, 2.24) is 0 Å². The molecule has 412 valence electrons. The summed E-state index contributed by atoms with van der Waals surface area (Å²) < 4.78 is 16.9. The third-order valence-corrected chi connectivity index (χ3v) is 13.5. The average Bonchev–Trinajstić information content (AvgIpc) is 3.37. The summed E-state index contributed by atoms with van der Waals surface area (Å²) >= 11 is 0. The molecule has 0 heterocycles. The van der Waals surface area contributed by atoms with Crippen LogP contribution >= 0.6 is 0 Å². The van der Waals surface area contributed by atoms with Crippen LogP contribution < -0.4 is 0 Å². The number of rotatable bonds is 56. The van der Waals surface area contributed by atoms with E-state index < -0.39 is 6.10 Å². The summed E-state index contributed by atoms with van der Waals surface area (Å²) in [5, 5.41) is 0. The van der Waals surface area contributed by atoms with E-state index in [-0.39, 0.29) is 31.1 Å². The summed E-state index contributed by atoms with van der Waals surface area (Å²) in [6.07, 6.45) is 75.0. The molecule has 0 bridgehead atoms. The number of allylic oxidation sites excluding steroid dienone is 10. The Hall–Kier alpha value is -2.89. The predicted molar refractivity (Wildman–Crippen MR) is 307 cm³/mol. The van der Waals surface area contributed by atoms with Gasteiger partial charge >= 0.3 is 17.9 Å². The quantitative estimate of drug-likeness (QED) is 0.0261. The molecule has 0 amide bonds. The second-order valence-electron chi connectivity index (χ2n) is 20.6. The Balaban J connectivity index is 4.36. The lowest BCUT2D eigenvalue weighted by Gasteiger charge is -2.18. The molecule has 71 heavy (non-hydrogen) atoms. The van der Waals surface area contributed by atoms with Gasteiger partial charge in [0.2, 0.25) is 0 Å². The molecule has 0 aliphatic heterocycles. The van der Waals surface area contributed by atoms with Gasteiger partial charge in [-0.2, -0.15) is 0 Å². The van der Waals surface area contributed by atoms with Crippen LogP contribution in [0.2, 0.25) is 0 Å². The molecule has 0 aromatic rings. The Kier molecular flexibility index (Phi) is 57.2. The maximum Gasteiger partial charge on any atom is 0.306 e. The molecule has 0 aliphatic rings. The number of ether oxygens (including phenoxy) is 3. The minimum Gasteiger partial charge on any atom is -0.462 e. The second kappa shape index (κ2) is 59.7. The normalized spacial score (nSPS) is 12.4. The number of unbranched alkanes of at least 4 members (excludes halogenated alkanes) is 35. The van der Waals surface area contributed by atoms with Crippen LogP contribution in [0.15, 0.2) is 60.8 Å². The van der Waals surface area contributed by atoms with Gasteiger partial charge < -0.3 is 14.2 Å². The molecule has 0 saturated carbocycles. The number of hydrogen-bond donors (Lipinski definition) is 0. The standard InChI is InChI=1S/C65H116O6/c1-4-7-10-13-16-19-22-25-28-30-31-32-33-35-38-40-43-46-49-52-55-58-64(67)70-61-62(71-65(68)59-56-53-50-47-44-41-36-27-24-21-18-15-12-9-6-3)60-69-63(66)57-54-51-48-45-42-39-37-34-29-26-23-20-17-14-11-8-5-2/h17-18,20-21,26-27,29,36-37,39,62H,4-16,19,22-25,28,30-35,38,40-61H2,1-3H3/b20-17-,21-18-,29-26-,36-27-,39-37-/t62-/m1/s1. The van der Waals surface area contributed by atoms with Crippen LogP contribution in [0.25, 0.3) is 0 Å². The zero-order valence-electron chi connectivity index (χ0n) is 47.2. The van der Waals surface area contributed by atoms with E-state index in [9.17, 15) is 14.4 Å². The van der Waals surface area contributed by atoms with Crippen molar-refractivity contribution in [2.24, 2.45) is 0 Å². The number of carbonyl (C=O) groups excluding carboxylic acids is 3. The second-order valence-corrected chi connectivity index (χ2v) is 20.6. The van der Waals surface area contributed by atoms with Crippen molar-refractivity contribution in [3.05, 3.63) is 60.8 Å². The third kappa shape index (κ3) is 57.9. The Labute approximate surface area is 440 Å². The van der Waals surface area contributed by atoms with E-state index in [1.807, 2.05) is 0 Å². The van der Waals surface area contributed by atoms with Gasteiger partial charge in [0.25, 0.3) is 0 Å². The fourth-order valence-corrected chi connectivity index (χ4v) is 8.83. The molecule has 0 N–H and O–H groups in total. The first kappa shape index (κ1) is 68.1. The van der Waals surface area contributed by atoms with Gasteiger partial charge in [0.1, 0.15) is 13.2 Å². The van der Waals surface area contributed by atoms with Crippen molar-refractivity contribution in [3.8, 4) is 0 Å². The highest BCUT2D eigenvalue weighted by molar-refractivity contribution is 5.71. The van der Waals surface area contributed by atoms with E-state index >= 15 is 0 Å². The Morgan fingerprint density at radius 1 is 0.282 bits per heavy atom. The van der Waals surface area contributed by atoms with Gasteiger partial charge in [-0.15, -0.1) is 0 Å². The highest BCUT2D eigenvalue weighted by atomic mass is 16.6. The summed E-state index contributed by atoms with van der Waals surface area (Å²) in [6.45, 7) is 6.60. The first-order valence-electron chi connectivity index (χ1n) is 30.8. The van der Waals surface area contributed by atoms with Crippen LogP contribution in [0.5, 0.6) is 0 Å². The van der Waals surface area contributed by atoms with Gasteiger partial charge in [-0.3, -0.25) is 14.4 Å². The number of hydrogen-bond acceptors (Lipinski definition) is 6. The average molecular weight is 994 g/mol. The van der Waals surface area contributed by atoms with Crippen molar-refractivity contribution in [2.75, 3.05) is 13.2 Å². The Morgan fingerprint density at radius 3 is 0.817 bits per heavy atom.